The van der Waals surface area contributed by atoms with Crippen LogP contribution in [0.3, 0.4) is 0 Å². The van der Waals surface area contributed by atoms with Crippen LogP contribution < -0.4 is 4.89 Å². The third kappa shape index (κ3) is 4.59. The molecule has 0 amide bonds. The third-order valence-corrected chi connectivity index (χ3v) is 3.52. The fourth-order valence-electron chi connectivity index (χ4n) is 1.06. The normalized spacial score (nSPS) is 12.4. The molecule has 0 bridgehead atoms. The summed E-state index contributed by atoms with van der Waals surface area (Å²) in [4.78, 5) is 14.0. The van der Waals surface area contributed by atoms with E-state index in [4.69, 9.17) is 11.6 Å². The smallest absolute Gasteiger partial charge is 0.277 e. The van der Waals surface area contributed by atoms with Crippen molar-refractivity contribution in [3.63, 3.8) is 0 Å². The van der Waals surface area contributed by atoms with Crippen LogP contribution >= 0.6 is 11.6 Å². The van der Waals surface area contributed by atoms with Crippen LogP contribution in [-0.2, 0) is 14.9 Å². The molecular formula is C8H6ClF3N2O5S. The fourth-order valence-corrected chi connectivity index (χ4v) is 2.40. The van der Waals surface area contributed by atoms with E-state index in [0.717, 1.165) is 18.2 Å². The lowest BCUT2D eigenvalue weighted by Gasteiger charge is -2.10. The summed E-state index contributed by atoms with van der Waals surface area (Å²) in [6, 6.07) is 2.36. The van der Waals surface area contributed by atoms with Gasteiger partial charge in [0.1, 0.15) is 4.90 Å². The number of sulfonamides is 1. The van der Waals surface area contributed by atoms with Crippen molar-refractivity contribution in [2.75, 3.05) is 6.61 Å². The topological polar surface area (TPSA) is 98.5 Å². The molecule has 1 aromatic rings. The minimum absolute atomic E-state index is 0.467. The molecule has 0 fully saturated rings. The zero-order valence-electron chi connectivity index (χ0n) is 9.35. The molecule has 0 aliphatic rings. The summed E-state index contributed by atoms with van der Waals surface area (Å²) in [5.41, 5.74) is -0.467. The van der Waals surface area contributed by atoms with E-state index in [0.29, 0.717) is 0 Å². The number of halogens is 4. The van der Waals surface area contributed by atoms with E-state index < -0.39 is 43.3 Å². The highest BCUT2D eigenvalue weighted by Gasteiger charge is 2.29. The van der Waals surface area contributed by atoms with Crippen LogP contribution in [0.25, 0.3) is 0 Å². The van der Waals surface area contributed by atoms with Gasteiger partial charge in [-0.05, 0) is 6.07 Å². The van der Waals surface area contributed by atoms with Gasteiger partial charge >= 0.3 is 6.18 Å². The SMILES string of the molecule is O=[N+]([O-])c1ccc(S(=O)(=O)NOCC(F)(F)F)c(Cl)c1. The van der Waals surface area contributed by atoms with Crippen LogP contribution in [0.15, 0.2) is 23.1 Å². The lowest BCUT2D eigenvalue weighted by Crippen LogP contribution is -2.29. The number of hydrogen-bond acceptors (Lipinski definition) is 5. The van der Waals surface area contributed by atoms with E-state index in [1.165, 1.54) is 4.89 Å². The highest BCUT2D eigenvalue weighted by molar-refractivity contribution is 7.89. The van der Waals surface area contributed by atoms with E-state index in [1.54, 1.807) is 0 Å². The molecule has 1 rings (SSSR count). The summed E-state index contributed by atoms with van der Waals surface area (Å²) >= 11 is 5.53. The van der Waals surface area contributed by atoms with Crippen LogP contribution in [0.4, 0.5) is 18.9 Å². The Morgan fingerprint density at radius 1 is 1.40 bits per heavy atom. The summed E-state index contributed by atoms with van der Waals surface area (Å²) in [6.07, 6.45) is -4.72. The minimum Gasteiger partial charge on any atom is -0.277 e. The zero-order valence-corrected chi connectivity index (χ0v) is 10.9. The highest BCUT2D eigenvalue weighted by atomic mass is 35.5. The number of nitro benzene ring substituents is 1. The molecule has 0 heterocycles. The van der Waals surface area contributed by atoms with Gasteiger partial charge in [0.2, 0.25) is 0 Å². The molecule has 112 valence electrons. The van der Waals surface area contributed by atoms with Crippen molar-refractivity contribution >= 4 is 27.3 Å². The van der Waals surface area contributed by atoms with Gasteiger partial charge in [0.15, 0.2) is 6.61 Å². The Morgan fingerprint density at radius 3 is 2.45 bits per heavy atom. The number of benzene rings is 1. The van der Waals surface area contributed by atoms with Crippen LogP contribution in [0.5, 0.6) is 0 Å². The number of alkyl halides is 3. The Morgan fingerprint density at radius 2 is 2.00 bits per heavy atom. The molecule has 20 heavy (non-hydrogen) atoms. The Balaban J connectivity index is 2.91. The summed E-state index contributed by atoms with van der Waals surface area (Å²) in [5.74, 6) is 0. The predicted molar refractivity (Wildman–Crippen MR) is 60.4 cm³/mol. The Kier molecular flexibility index (Phi) is 4.91. The van der Waals surface area contributed by atoms with E-state index >= 15 is 0 Å². The van der Waals surface area contributed by atoms with Crippen molar-refractivity contribution in [2.45, 2.75) is 11.1 Å². The van der Waals surface area contributed by atoms with Gasteiger partial charge in [-0.15, -0.1) is 0 Å². The van der Waals surface area contributed by atoms with Gasteiger partial charge in [0.25, 0.3) is 15.7 Å². The van der Waals surface area contributed by atoms with Crippen LogP contribution in [0.1, 0.15) is 0 Å². The highest BCUT2D eigenvalue weighted by Crippen LogP contribution is 2.26. The van der Waals surface area contributed by atoms with E-state index in [1.807, 2.05) is 0 Å². The second kappa shape index (κ2) is 5.91. The lowest BCUT2D eigenvalue weighted by molar-refractivity contribution is -0.384. The Bertz CT molecular complexity index is 619. The lowest BCUT2D eigenvalue weighted by atomic mass is 10.3. The first kappa shape index (κ1) is 16.6. The maximum atomic E-state index is 11.8. The molecular weight excluding hydrogens is 329 g/mol. The average molecular weight is 335 g/mol. The van der Waals surface area contributed by atoms with E-state index in [-0.39, 0.29) is 0 Å². The summed E-state index contributed by atoms with van der Waals surface area (Å²) < 4.78 is 58.5. The van der Waals surface area contributed by atoms with Crippen LogP contribution in [-0.4, -0.2) is 26.1 Å². The summed E-state index contributed by atoms with van der Waals surface area (Å²) in [5, 5.41) is 9.90. The van der Waals surface area contributed by atoms with Gasteiger partial charge in [0.05, 0.1) is 9.95 Å². The molecule has 1 N–H and O–H groups in total. The number of nitrogens with one attached hydrogen (secondary N) is 1. The first-order chi connectivity index (χ1) is 9.03. The maximum absolute atomic E-state index is 11.8. The van der Waals surface area contributed by atoms with Gasteiger partial charge in [-0.1, -0.05) is 16.5 Å². The molecule has 0 aromatic heterocycles. The second-order valence-electron chi connectivity index (χ2n) is 3.36. The predicted octanol–water partition coefficient (Wildman–Crippen LogP) is 2.02. The van der Waals surface area contributed by atoms with Gasteiger partial charge < -0.3 is 0 Å². The number of nitrogens with zero attached hydrogens (tertiary/aromatic N) is 1. The number of non-ortho nitro benzene ring substituents is 1. The maximum Gasteiger partial charge on any atom is 0.413 e. The van der Waals surface area contributed by atoms with Crippen molar-refractivity contribution in [3.05, 3.63) is 33.3 Å². The molecule has 0 atom stereocenters. The van der Waals surface area contributed by atoms with Gasteiger partial charge in [-0.25, -0.2) is 8.42 Å². The number of nitro groups is 1. The second-order valence-corrected chi connectivity index (χ2v) is 5.38. The first-order valence-corrected chi connectivity index (χ1v) is 6.53. The Hall–Kier alpha value is -1.43. The minimum atomic E-state index is -4.72. The molecule has 0 radical (unpaired) electrons. The molecule has 0 aliphatic heterocycles. The van der Waals surface area contributed by atoms with Crippen molar-refractivity contribution in [1.29, 1.82) is 0 Å². The van der Waals surface area contributed by atoms with Crippen molar-refractivity contribution in [2.24, 2.45) is 0 Å². The molecule has 0 aliphatic carbocycles. The monoisotopic (exact) mass is 334 g/mol. The van der Waals surface area contributed by atoms with Crippen molar-refractivity contribution in [3.8, 4) is 0 Å². The van der Waals surface area contributed by atoms with Crippen molar-refractivity contribution < 1.29 is 31.3 Å². The first-order valence-electron chi connectivity index (χ1n) is 4.67. The largest absolute Gasteiger partial charge is 0.413 e. The number of rotatable bonds is 5. The molecule has 0 saturated carbocycles. The summed E-state index contributed by atoms with van der Waals surface area (Å²) in [6.45, 7) is -1.84. The molecule has 1 aromatic carbocycles. The van der Waals surface area contributed by atoms with E-state index in [9.17, 15) is 31.7 Å². The molecule has 12 heteroatoms. The quantitative estimate of drug-likeness (QED) is 0.656. The molecule has 0 spiro atoms. The number of hydrogen-bond donors (Lipinski definition) is 1. The van der Waals surface area contributed by atoms with Crippen LogP contribution in [0.2, 0.25) is 5.02 Å². The average Bonchev–Trinajstić information content (AvgIpc) is 2.26. The van der Waals surface area contributed by atoms with Gasteiger partial charge in [-0.2, -0.15) is 13.2 Å². The van der Waals surface area contributed by atoms with Gasteiger partial charge in [0, 0.05) is 12.1 Å². The molecule has 0 unspecified atom stereocenters. The Labute approximate surface area is 115 Å². The van der Waals surface area contributed by atoms with Crippen LogP contribution in [0, 0.1) is 10.1 Å². The molecule has 0 saturated heterocycles. The van der Waals surface area contributed by atoms with Crippen molar-refractivity contribution in [1.82, 2.24) is 4.89 Å². The standard InChI is InChI=1S/C8H6ClF3N2O5S/c9-6-3-5(14(15)16)1-2-7(6)20(17,18)13-19-4-8(10,11)12/h1-3,13H,4H2. The zero-order chi connectivity index (χ0) is 15.6. The fraction of sp³-hybridized carbons (Fsp3) is 0.250. The molecule has 7 nitrogen and oxygen atoms in total. The third-order valence-electron chi connectivity index (χ3n) is 1.82. The van der Waals surface area contributed by atoms with E-state index in [2.05, 4.69) is 4.84 Å². The summed E-state index contributed by atoms with van der Waals surface area (Å²) in [7, 11) is -4.48. The van der Waals surface area contributed by atoms with Gasteiger partial charge in [-0.3, -0.25) is 15.0 Å².